The lowest BCUT2D eigenvalue weighted by molar-refractivity contribution is 0.419. The number of rotatable bonds is 7. The second kappa shape index (κ2) is 8.85. The number of aromatic nitrogens is 3. The van der Waals surface area contributed by atoms with Crippen LogP contribution in [0.2, 0.25) is 0 Å². The van der Waals surface area contributed by atoms with Crippen LogP contribution in [-0.4, -0.2) is 47.0 Å². The zero-order valence-electron chi connectivity index (χ0n) is 21.0. The van der Waals surface area contributed by atoms with E-state index >= 15 is 0 Å². The van der Waals surface area contributed by atoms with Gasteiger partial charge in [0.05, 0.1) is 6.20 Å². The van der Waals surface area contributed by atoms with Crippen LogP contribution in [0.1, 0.15) is 28.2 Å². The molecule has 194 valence electrons. The van der Waals surface area contributed by atoms with Gasteiger partial charge in [0.1, 0.15) is 5.82 Å². The fourth-order valence-corrected chi connectivity index (χ4v) is 7.55. The van der Waals surface area contributed by atoms with Crippen LogP contribution in [-0.2, 0) is 22.5 Å². The summed E-state index contributed by atoms with van der Waals surface area (Å²) in [6.45, 7) is 2.72. The summed E-state index contributed by atoms with van der Waals surface area (Å²) in [6, 6.07) is 20.3. The molecule has 1 saturated carbocycles. The minimum atomic E-state index is -3.80. The van der Waals surface area contributed by atoms with E-state index in [1.807, 2.05) is 37.3 Å². The van der Waals surface area contributed by atoms with E-state index in [-0.39, 0.29) is 22.7 Å². The first-order valence-corrected chi connectivity index (χ1v) is 13.8. The molecule has 0 spiro atoms. The Morgan fingerprint density at radius 2 is 1.87 bits per heavy atom. The highest BCUT2D eigenvalue weighted by Gasteiger charge is 2.71. The van der Waals surface area contributed by atoms with E-state index in [0.717, 1.165) is 16.8 Å². The lowest BCUT2D eigenvalue weighted by Gasteiger charge is -2.25. The van der Waals surface area contributed by atoms with Crippen molar-refractivity contribution in [1.82, 2.24) is 19.3 Å². The van der Waals surface area contributed by atoms with Gasteiger partial charge in [-0.3, -0.25) is 4.68 Å². The van der Waals surface area contributed by atoms with Crippen molar-refractivity contribution in [2.24, 2.45) is 13.0 Å². The van der Waals surface area contributed by atoms with Crippen molar-refractivity contribution in [1.29, 1.82) is 5.41 Å². The quantitative estimate of drug-likeness (QED) is 0.346. The number of hydrogen-bond donors (Lipinski definition) is 2. The van der Waals surface area contributed by atoms with Gasteiger partial charge < -0.3 is 10.7 Å². The lowest BCUT2D eigenvalue weighted by atomic mass is 9.86. The summed E-state index contributed by atoms with van der Waals surface area (Å²) in [5.41, 5.74) is 4.93. The predicted molar refractivity (Wildman–Crippen MR) is 143 cm³/mol. The molecule has 38 heavy (non-hydrogen) atoms. The minimum Gasteiger partial charge on any atom is -0.355 e. The Bertz CT molecular complexity index is 1640. The molecule has 4 aromatic rings. The Balaban J connectivity index is 1.41. The zero-order chi connectivity index (χ0) is 26.7. The first-order valence-electron chi connectivity index (χ1n) is 12.3. The summed E-state index contributed by atoms with van der Waals surface area (Å²) >= 11 is 0. The van der Waals surface area contributed by atoms with Crippen LogP contribution in [0, 0.1) is 24.1 Å². The van der Waals surface area contributed by atoms with Gasteiger partial charge in [0.15, 0.2) is 0 Å². The number of hydrogen-bond acceptors (Lipinski definition) is 6. The highest BCUT2D eigenvalue weighted by molar-refractivity contribution is 7.89. The molecule has 8 nitrogen and oxygen atoms in total. The van der Waals surface area contributed by atoms with Crippen molar-refractivity contribution in [3.63, 3.8) is 0 Å². The normalized spacial score (nSPS) is 22.7. The summed E-state index contributed by atoms with van der Waals surface area (Å²) in [7, 11) is -2.16. The largest absolute Gasteiger partial charge is 0.355 e. The van der Waals surface area contributed by atoms with Gasteiger partial charge in [-0.1, -0.05) is 35.5 Å². The molecule has 1 aliphatic heterocycles. The molecule has 2 aliphatic rings. The summed E-state index contributed by atoms with van der Waals surface area (Å²) < 4.78 is 43.2. The SMILES string of the molecule is Cc1cc(Nc2ccc(F)cc2)c(C=N)cc1[C@@]12CN(S(=O)(=O)c3cn(C)nn3)C[C@@H]1[C@H]2c1ccccc1. The molecule has 10 heteroatoms. The number of nitrogens with zero attached hydrogens (tertiary/aromatic N) is 4. The number of aryl methyl sites for hydroxylation is 2. The fraction of sp³-hybridized carbons (Fsp3) is 0.250. The molecule has 3 aromatic carbocycles. The average Bonchev–Trinajstić information content (AvgIpc) is 3.18. The van der Waals surface area contributed by atoms with Crippen LogP contribution in [0.5, 0.6) is 0 Å². The molecule has 0 amide bonds. The molecule has 0 bridgehead atoms. The second-order valence-corrected chi connectivity index (χ2v) is 12.0. The minimum absolute atomic E-state index is 0.0524. The highest BCUT2D eigenvalue weighted by atomic mass is 32.2. The first-order chi connectivity index (χ1) is 18.2. The number of piperidine rings is 1. The van der Waals surface area contributed by atoms with Crippen molar-refractivity contribution < 1.29 is 12.8 Å². The van der Waals surface area contributed by atoms with Gasteiger partial charge in [-0.05, 0) is 65.9 Å². The number of fused-ring (bicyclic) bond motifs is 1. The Hall–Kier alpha value is -3.89. The van der Waals surface area contributed by atoms with Crippen molar-refractivity contribution in [3.8, 4) is 0 Å². The number of halogens is 1. The van der Waals surface area contributed by atoms with Crippen LogP contribution < -0.4 is 5.32 Å². The predicted octanol–water partition coefficient (Wildman–Crippen LogP) is 4.36. The Labute approximate surface area is 220 Å². The standard InChI is InChI=1S/C28H27FN6O2S/c1-18-12-25(31-22-10-8-21(29)9-11-22)20(14-30)13-23(18)28-17-35(38(36,37)26-16-34(2)33-32-26)15-24(28)27(28)19-6-4-3-5-7-19/h3-14,16,24,27,30-31H,15,17H2,1-2H3/t24-,27-,28+/m1/s1. The van der Waals surface area contributed by atoms with Crippen LogP contribution in [0.15, 0.2) is 78.0 Å². The molecule has 0 radical (unpaired) electrons. The fourth-order valence-electron chi connectivity index (χ4n) is 6.12. The van der Waals surface area contributed by atoms with E-state index in [1.165, 1.54) is 39.1 Å². The van der Waals surface area contributed by atoms with Gasteiger partial charge in [-0.25, -0.2) is 12.8 Å². The molecule has 2 N–H and O–H groups in total. The maximum atomic E-state index is 13.5. The van der Waals surface area contributed by atoms with E-state index in [2.05, 4.69) is 27.8 Å². The van der Waals surface area contributed by atoms with E-state index in [9.17, 15) is 12.8 Å². The monoisotopic (exact) mass is 530 g/mol. The molecule has 0 unspecified atom stereocenters. The van der Waals surface area contributed by atoms with Crippen molar-refractivity contribution in [2.75, 3.05) is 18.4 Å². The van der Waals surface area contributed by atoms with Gasteiger partial charge in [0.25, 0.3) is 10.0 Å². The Morgan fingerprint density at radius 1 is 1.13 bits per heavy atom. The topological polar surface area (TPSA) is 104 Å². The third kappa shape index (κ3) is 3.83. The smallest absolute Gasteiger partial charge is 0.264 e. The maximum Gasteiger partial charge on any atom is 0.264 e. The van der Waals surface area contributed by atoms with Crippen LogP contribution in [0.4, 0.5) is 15.8 Å². The summed E-state index contributed by atoms with van der Waals surface area (Å²) in [6.07, 6.45) is 2.72. The molecule has 1 aliphatic carbocycles. The summed E-state index contributed by atoms with van der Waals surface area (Å²) in [5, 5.41) is 19.0. The number of nitrogens with one attached hydrogen (secondary N) is 2. The lowest BCUT2D eigenvalue weighted by Crippen LogP contribution is -2.35. The van der Waals surface area contributed by atoms with Crippen LogP contribution in [0.25, 0.3) is 0 Å². The van der Waals surface area contributed by atoms with Crippen LogP contribution in [0.3, 0.4) is 0 Å². The molecule has 1 saturated heterocycles. The van der Waals surface area contributed by atoms with Crippen molar-refractivity contribution >= 4 is 27.6 Å². The molecule has 1 aromatic heterocycles. The third-order valence-electron chi connectivity index (χ3n) is 7.87. The Morgan fingerprint density at radius 3 is 2.53 bits per heavy atom. The van der Waals surface area contributed by atoms with E-state index < -0.39 is 15.4 Å². The van der Waals surface area contributed by atoms with Crippen LogP contribution >= 0.6 is 0 Å². The number of sulfonamides is 1. The van der Waals surface area contributed by atoms with Crippen molar-refractivity contribution in [2.45, 2.75) is 23.3 Å². The molecule has 3 atom stereocenters. The van der Waals surface area contributed by atoms with Gasteiger partial charge >= 0.3 is 0 Å². The van der Waals surface area contributed by atoms with E-state index in [4.69, 9.17) is 5.41 Å². The van der Waals surface area contributed by atoms with Gasteiger partial charge in [0, 0.05) is 54.6 Å². The summed E-state index contributed by atoms with van der Waals surface area (Å²) in [4.78, 5) is 0. The van der Waals surface area contributed by atoms with Gasteiger partial charge in [-0.15, -0.1) is 5.10 Å². The molecular weight excluding hydrogens is 503 g/mol. The first kappa shape index (κ1) is 24.4. The molecule has 2 heterocycles. The second-order valence-electron chi connectivity index (χ2n) is 10.1. The molecular formula is C28H27FN6O2S. The van der Waals surface area contributed by atoms with Crippen molar-refractivity contribution in [3.05, 3.63) is 101 Å². The highest BCUT2D eigenvalue weighted by Crippen LogP contribution is 2.70. The van der Waals surface area contributed by atoms with Gasteiger partial charge in [0.2, 0.25) is 5.03 Å². The average molecular weight is 531 g/mol. The molecule has 2 fully saturated rings. The Kier molecular flexibility index (Phi) is 5.69. The number of benzene rings is 3. The maximum absolute atomic E-state index is 13.5. The van der Waals surface area contributed by atoms with Gasteiger partial charge in [-0.2, -0.15) is 4.31 Å². The van der Waals surface area contributed by atoms with E-state index in [0.29, 0.717) is 24.3 Å². The summed E-state index contributed by atoms with van der Waals surface area (Å²) in [5.74, 6) is -0.0721. The zero-order valence-corrected chi connectivity index (χ0v) is 21.8. The third-order valence-corrected chi connectivity index (χ3v) is 9.54. The molecule has 6 rings (SSSR count). The number of anilines is 2. The van der Waals surface area contributed by atoms with E-state index in [1.54, 1.807) is 19.2 Å².